The van der Waals surface area contributed by atoms with E-state index in [9.17, 15) is 0 Å². The van der Waals surface area contributed by atoms with E-state index < -0.39 is 7.42 Å². The summed E-state index contributed by atoms with van der Waals surface area (Å²) in [6, 6.07) is 0. The summed E-state index contributed by atoms with van der Waals surface area (Å²) < 4.78 is 0. The Morgan fingerprint density at radius 1 is 1.44 bits per heavy atom. The molecule has 52 valence electrons. The van der Waals surface area contributed by atoms with Crippen molar-refractivity contribution in [3.8, 4) is 0 Å². The summed E-state index contributed by atoms with van der Waals surface area (Å²) in [6.45, 7) is 0. The Labute approximate surface area is 66.9 Å². The molecule has 0 bridgehead atoms. The minimum Gasteiger partial charge on any atom is -0.150 e. The van der Waals surface area contributed by atoms with Gasteiger partial charge < -0.3 is 0 Å². The molecule has 0 heterocycles. The van der Waals surface area contributed by atoms with Gasteiger partial charge in [0.25, 0.3) is 0 Å². The minimum atomic E-state index is -1.39. The molecule has 1 rings (SSSR count). The van der Waals surface area contributed by atoms with Gasteiger partial charge in [-0.3, -0.25) is 0 Å². The van der Waals surface area contributed by atoms with Crippen molar-refractivity contribution in [3.63, 3.8) is 0 Å². The third-order valence-electron chi connectivity index (χ3n) is 1.62. The van der Waals surface area contributed by atoms with Gasteiger partial charge in [-0.1, -0.05) is 12.2 Å². The Morgan fingerprint density at radius 2 is 2.22 bits per heavy atom. The molecule has 0 aromatic heterocycles. The summed E-state index contributed by atoms with van der Waals surface area (Å²) in [5, 5.41) is 0. The average Bonchev–Trinajstić information content (AvgIpc) is 1.90. The third-order valence-corrected chi connectivity index (χ3v) is 4.76. The molecule has 0 aromatic rings. The Balaban J connectivity index is 2.40. The summed E-state index contributed by atoms with van der Waals surface area (Å²) in [4.78, 5) is 0. The zero-order chi connectivity index (χ0) is 6.69. The monoisotopic (exact) mass is 180 g/mol. The van der Waals surface area contributed by atoms with E-state index in [1.807, 2.05) is 0 Å². The van der Waals surface area contributed by atoms with Gasteiger partial charge in [-0.25, -0.2) is 0 Å². The van der Waals surface area contributed by atoms with Crippen LogP contribution in [0, 0.1) is 0 Å². The van der Waals surface area contributed by atoms with Crippen LogP contribution in [0.1, 0.15) is 19.3 Å². The fraction of sp³-hybridized carbons (Fsp3) is 0.667. The molecule has 0 saturated carbocycles. The van der Waals surface area contributed by atoms with Gasteiger partial charge in [-0.15, -0.1) is 22.2 Å². The quantitative estimate of drug-likeness (QED) is 0.331. The summed E-state index contributed by atoms with van der Waals surface area (Å²) in [5.41, 5.74) is 0.544. The Bertz CT molecular complexity index is 112. The highest BCUT2D eigenvalue weighted by atomic mass is 35.7. The SMILES string of the molecule is Cl[SiH](Cl)C1C=CCCC1. The van der Waals surface area contributed by atoms with Crippen LogP contribution in [0.4, 0.5) is 0 Å². The smallest absolute Gasteiger partial charge is 0.150 e. The Kier molecular flexibility index (Phi) is 3.09. The van der Waals surface area contributed by atoms with Crippen LogP contribution < -0.4 is 0 Å². The molecule has 0 radical (unpaired) electrons. The number of hydrogen-bond acceptors (Lipinski definition) is 0. The Morgan fingerprint density at radius 3 is 2.56 bits per heavy atom. The summed E-state index contributed by atoms with van der Waals surface area (Å²) >= 11 is 11.6. The molecular weight excluding hydrogens is 171 g/mol. The molecule has 1 unspecified atom stereocenters. The van der Waals surface area contributed by atoms with E-state index in [4.69, 9.17) is 22.2 Å². The molecule has 0 aromatic carbocycles. The fourth-order valence-electron chi connectivity index (χ4n) is 1.05. The second kappa shape index (κ2) is 3.64. The molecule has 1 aliphatic carbocycles. The summed E-state index contributed by atoms with van der Waals surface area (Å²) in [7, 11) is -1.39. The first-order chi connectivity index (χ1) is 4.30. The molecular formula is C6H10Cl2Si. The molecule has 0 aliphatic heterocycles. The second-order valence-electron chi connectivity index (χ2n) is 2.36. The van der Waals surface area contributed by atoms with E-state index in [2.05, 4.69) is 12.2 Å². The molecule has 0 spiro atoms. The standard InChI is InChI=1S/C6H10Cl2Si/c7-9(8)6-4-2-1-3-5-6/h2,4,6,9H,1,3,5H2. The molecule has 0 saturated heterocycles. The van der Waals surface area contributed by atoms with Gasteiger partial charge in [0.05, 0.1) is 0 Å². The molecule has 9 heavy (non-hydrogen) atoms. The molecule has 1 atom stereocenters. The fourth-order valence-corrected chi connectivity index (χ4v) is 3.12. The minimum absolute atomic E-state index is 0.544. The van der Waals surface area contributed by atoms with Crippen LogP contribution in [0.25, 0.3) is 0 Å². The predicted molar refractivity (Wildman–Crippen MR) is 45.6 cm³/mol. The highest BCUT2D eigenvalue weighted by Crippen LogP contribution is 2.28. The van der Waals surface area contributed by atoms with Crippen molar-refractivity contribution in [1.29, 1.82) is 0 Å². The summed E-state index contributed by atoms with van der Waals surface area (Å²) in [5.74, 6) is 0. The summed E-state index contributed by atoms with van der Waals surface area (Å²) in [6.07, 6.45) is 8.06. The van der Waals surface area contributed by atoms with Crippen molar-refractivity contribution >= 4 is 29.6 Å². The van der Waals surface area contributed by atoms with Gasteiger partial charge in [0.2, 0.25) is 7.42 Å². The molecule has 0 fully saturated rings. The largest absolute Gasteiger partial charge is 0.243 e. The normalized spacial score (nSPS) is 27.2. The number of hydrogen-bond donors (Lipinski definition) is 0. The predicted octanol–water partition coefficient (Wildman–Crippen LogP) is 2.79. The lowest BCUT2D eigenvalue weighted by atomic mass is 10.1. The van der Waals surface area contributed by atoms with E-state index in [0.717, 1.165) is 0 Å². The number of halogens is 2. The van der Waals surface area contributed by atoms with E-state index in [1.165, 1.54) is 19.3 Å². The lowest BCUT2D eigenvalue weighted by Gasteiger charge is -2.14. The van der Waals surface area contributed by atoms with Gasteiger partial charge in [-0.05, 0) is 24.8 Å². The van der Waals surface area contributed by atoms with Crippen molar-refractivity contribution in [2.45, 2.75) is 24.8 Å². The van der Waals surface area contributed by atoms with Gasteiger partial charge in [-0.2, -0.15) is 0 Å². The van der Waals surface area contributed by atoms with Crippen molar-refractivity contribution in [1.82, 2.24) is 0 Å². The molecule has 3 heteroatoms. The van der Waals surface area contributed by atoms with Gasteiger partial charge in [0.1, 0.15) is 0 Å². The average molecular weight is 181 g/mol. The van der Waals surface area contributed by atoms with Crippen LogP contribution in [-0.4, -0.2) is 7.42 Å². The highest BCUT2D eigenvalue weighted by molar-refractivity contribution is 7.34. The van der Waals surface area contributed by atoms with E-state index in [0.29, 0.717) is 5.54 Å². The first-order valence-corrected chi connectivity index (χ1v) is 7.41. The van der Waals surface area contributed by atoms with Gasteiger partial charge in [0.15, 0.2) is 0 Å². The first-order valence-electron chi connectivity index (χ1n) is 3.25. The third kappa shape index (κ3) is 2.32. The van der Waals surface area contributed by atoms with E-state index in [1.54, 1.807) is 0 Å². The van der Waals surface area contributed by atoms with Crippen LogP contribution in [-0.2, 0) is 0 Å². The molecule has 0 nitrogen and oxygen atoms in total. The van der Waals surface area contributed by atoms with Crippen LogP contribution in [0.3, 0.4) is 0 Å². The number of rotatable bonds is 1. The van der Waals surface area contributed by atoms with Crippen LogP contribution in [0.5, 0.6) is 0 Å². The second-order valence-corrected chi connectivity index (χ2v) is 7.37. The van der Waals surface area contributed by atoms with Gasteiger partial charge >= 0.3 is 0 Å². The topological polar surface area (TPSA) is 0 Å². The maximum absolute atomic E-state index is 5.81. The van der Waals surface area contributed by atoms with Crippen molar-refractivity contribution in [3.05, 3.63) is 12.2 Å². The van der Waals surface area contributed by atoms with Crippen molar-refractivity contribution < 1.29 is 0 Å². The maximum Gasteiger partial charge on any atom is 0.243 e. The lowest BCUT2D eigenvalue weighted by molar-refractivity contribution is 0.726. The zero-order valence-corrected chi connectivity index (χ0v) is 7.85. The Hall–Kier alpha value is 0.537. The lowest BCUT2D eigenvalue weighted by Crippen LogP contribution is -2.06. The van der Waals surface area contributed by atoms with Crippen molar-refractivity contribution in [2.24, 2.45) is 0 Å². The van der Waals surface area contributed by atoms with Gasteiger partial charge in [0, 0.05) is 0 Å². The number of allylic oxidation sites excluding steroid dienone is 2. The van der Waals surface area contributed by atoms with E-state index in [-0.39, 0.29) is 0 Å². The maximum atomic E-state index is 5.81. The highest BCUT2D eigenvalue weighted by Gasteiger charge is 2.17. The molecule has 0 amide bonds. The molecule has 1 aliphatic rings. The van der Waals surface area contributed by atoms with E-state index >= 15 is 0 Å². The zero-order valence-electron chi connectivity index (χ0n) is 5.19. The van der Waals surface area contributed by atoms with Crippen molar-refractivity contribution in [2.75, 3.05) is 0 Å². The van der Waals surface area contributed by atoms with Crippen LogP contribution in [0.15, 0.2) is 12.2 Å². The molecule has 0 N–H and O–H groups in total. The van der Waals surface area contributed by atoms with Crippen LogP contribution in [0.2, 0.25) is 5.54 Å². The first kappa shape index (κ1) is 7.64. The van der Waals surface area contributed by atoms with Crippen LogP contribution >= 0.6 is 22.2 Å².